The SMILES string of the molecule is CCCCCCOc1ccc(C(C)=O)nc1. The summed E-state index contributed by atoms with van der Waals surface area (Å²) in [5.74, 6) is 0.719. The van der Waals surface area contributed by atoms with Gasteiger partial charge in [0, 0.05) is 6.92 Å². The molecule has 3 heteroatoms. The van der Waals surface area contributed by atoms with Gasteiger partial charge in [-0.2, -0.15) is 0 Å². The van der Waals surface area contributed by atoms with Crippen molar-refractivity contribution in [1.29, 1.82) is 0 Å². The van der Waals surface area contributed by atoms with E-state index in [9.17, 15) is 4.79 Å². The van der Waals surface area contributed by atoms with Crippen LogP contribution in [0.4, 0.5) is 0 Å². The van der Waals surface area contributed by atoms with Crippen LogP contribution in [0.2, 0.25) is 0 Å². The predicted molar refractivity (Wildman–Crippen MR) is 63.9 cm³/mol. The molecule has 0 saturated heterocycles. The van der Waals surface area contributed by atoms with E-state index in [-0.39, 0.29) is 5.78 Å². The topological polar surface area (TPSA) is 39.2 Å². The van der Waals surface area contributed by atoms with E-state index in [1.807, 2.05) is 0 Å². The number of hydrogen-bond acceptors (Lipinski definition) is 3. The summed E-state index contributed by atoms with van der Waals surface area (Å²) in [5.41, 5.74) is 0.485. The lowest BCUT2D eigenvalue weighted by Crippen LogP contribution is -2.00. The van der Waals surface area contributed by atoms with Crippen molar-refractivity contribution in [2.24, 2.45) is 0 Å². The molecule has 0 aliphatic heterocycles. The fourth-order valence-electron chi connectivity index (χ4n) is 1.39. The Morgan fingerprint density at radius 3 is 2.69 bits per heavy atom. The lowest BCUT2D eigenvalue weighted by molar-refractivity contribution is 0.101. The summed E-state index contributed by atoms with van der Waals surface area (Å²) in [5, 5.41) is 0. The molecule has 0 bridgehead atoms. The molecule has 16 heavy (non-hydrogen) atoms. The van der Waals surface area contributed by atoms with Crippen molar-refractivity contribution < 1.29 is 9.53 Å². The first kappa shape index (κ1) is 12.7. The highest BCUT2D eigenvalue weighted by Crippen LogP contribution is 2.10. The van der Waals surface area contributed by atoms with E-state index in [1.54, 1.807) is 18.3 Å². The Labute approximate surface area is 96.8 Å². The number of rotatable bonds is 7. The zero-order valence-corrected chi connectivity index (χ0v) is 10.0. The van der Waals surface area contributed by atoms with Crippen LogP contribution in [-0.2, 0) is 0 Å². The number of carbonyl (C=O) groups excluding carboxylic acids is 1. The smallest absolute Gasteiger partial charge is 0.178 e. The highest BCUT2D eigenvalue weighted by atomic mass is 16.5. The van der Waals surface area contributed by atoms with Crippen molar-refractivity contribution in [1.82, 2.24) is 4.98 Å². The maximum Gasteiger partial charge on any atom is 0.178 e. The van der Waals surface area contributed by atoms with Gasteiger partial charge in [0.05, 0.1) is 12.8 Å². The van der Waals surface area contributed by atoms with Crippen molar-refractivity contribution in [2.75, 3.05) is 6.61 Å². The van der Waals surface area contributed by atoms with E-state index in [4.69, 9.17) is 4.74 Å². The Morgan fingerprint density at radius 2 is 2.12 bits per heavy atom. The third-order valence-electron chi connectivity index (χ3n) is 2.36. The third-order valence-corrected chi connectivity index (χ3v) is 2.36. The van der Waals surface area contributed by atoms with Crippen LogP contribution in [0.1, 0.15) is 50.0 Å². The normalized spacial score (nSPS) is 10.1. The number of ether oxygens (including phenoxy) is 1. The van der Waals surface area contributed by atoms with Gasteiger partial charge in [-0.05, 0) is 18.6 Å². The number of Topliss-reactive ketones (excluding diaryl/α,β-unsaturated/α-hetero) is 1. The molecular weight excluding hydrogens is 202 g/mol. The highest BCUT2D eigenvalue weighted by Gasteiger charge is 2.00. The Balaban J connectivity index is 2.29. The lowest BCUT2D eigenvalue weighted by atomic mass is 10.2. The molecule has 1 rings (SSSR count). The quantitative estimate of drug-likeness (QED) is 0.524. The number of hydrogen-bond donors (Lipinski definition) is 0. The summed E-state index contributed by atoms with van der Waals surface area (Å²) in [6.45, 7) is 4.42. The molecule has 0 N–H and O–H groups in total. The summed E-state index contributed by atoms with van der Waals surface area (Å²) in [7, 11) is 0. The van der Waals surface area contributed by atoms with Gasteiger partial charge in [-0.3, -0.25) is 4.79 Å². The molecule has 0 aliphatic carbocycles. The number of aromatic nitrogens is 1. The fraction of sp³-hybridized carbons (Fsp3) is 0.538. The zero-order chi connectivity index (χ0) is 11.8. The van der Waals surface area contributed by atoms with E-state index in [1.165, 1.54) is 26.2 Å². The molecule has 0 unspecified atom stereocenters. The number of nitrogens with zero attached hydrogens (tertiary/aromatic N) is 1. The van der Waals surface area contributed by atoms with E-state index in [0.717, 1.165) is 18.8 Å². The highest BCUT2D eigenvalue weighted by molar-refractivity contribution is 5.92. The van der Waals surface area contributed by atoms with Gasteiger partial charge < -0.3 is 4.74 Å². The summed E-state index contributed by atoms with van der Waals surface area (Å²) >= 11 is 0. The van der Waals surface area contributed by atoms with Crippen LogP contribution in [0.5, 0.6) is 5.75 Å². The van der Waals surface area contributed by atoms with Gasteiger partial charge in [-0.15, -0.1) is 0 Å². The van der Waals surface area contributed by atoms with E-state index < -0.39 is 0 Å². The molecule has 1 heterocycles. The van der Waals surface area contributed by atoms with Gasteiger partial charge >= 0.3 is 0 Å². The minimum absolute atomic E-state index is 0.0190. The molecule has 0 fully saturated rings. The minimum atomic E-state index is -0.0190. The van der Waals surface area contributed by atoms with Gasteiger partial charge in [0.2, 0.25) is 0 Å². The van der Waals surface area contributed by atoms with E-state index in [0.29, 0.717) is 5.69 Å². The second-order valence-corrected chi connectivity index (χ2v) is 3.84. The Kier molecular flexibility index (Phi) is 5.54. The summed E-state index contributed by atoms with van der Waals surface area (Å²) in [4.78, 5) is 15.0. The Bertz CT molecular complexity index is 319. The number of pyridine rings is 1. The Morgan fingerprint density at radius 1 is 1.31 bits per heavy atom. The monoisotopic (exact) mass is 221 g/mol. The maximum atomic E-state index is 11.0. The van der Waals surface area contributed by atoms with Crippen LogP contribution in [0.25, 0.3) is 0 Å². The van der Waals surface area contributed by atoms with Crippen molar-refractivity contribution in [2.45, 2.75) is 39.5 Å². The molecule has 0 aliphatic rings. The van der Waals surface area contributed by atoms with Crippen LogP contribution >= 0.6 is 0 Å². The van der Waals surface area contributed by atoms with E-state index in [2.05, 4.69) is 11.9 Å². The van der Waals surface area contributed by atoms with Crippen LogP contribution in [0.3, 0.4) is 0 Å². The van der Waals surface area contributed by atoms with Crippen molar-refractivity contribution >= 4 is 5.78 Å². The lowest BCUT2D eigenvalue weighted by Gasteiger charge is -2.05. The molecular formula is C13H19NO2. The first-order valence-corrected chi connectivity index (χ1v) is 5.84. The second-order valence-electron chi connectivity index (χ2n) is 3.84. The summed E-state index contributed by atoms with van der Waals surface area (Å²) in [6, 6.07) is 3.49. The summed E-state index contributed by atoms with van der Waals surface area (Å²) in [6.07, 6.45) is 6.37. The number of carbonyl (C=O) groups is 1. The molecule has 3 nitrogen and oxygen atoms in total. The second kappa shape index (κ2) is 6.99. The molecule has 1 aromatic rings. The molecule has 88 valence electrons. The maximum absolute atomic E-state index is 11.0. The molecule has 0 spiro atoms. The number of unbranched alkanes of at least 4 members (excludes halogenated alkanes) is 3. The third kappa shape index (κ3) is 4.43. The average molecular weight is 221 g/mol. The van der Waals surface area contributed by atoms with Crippen LogP contribution in [0.15, 0.2) is 18.3 Å². The summed E-state index contributed by atoms with van der Waals surface area (Å²) < 4.78 is 5.51. The predicted octanol–water partition coefficient (Wildman–Crippen LogP) is 3.24. The molecule has 0 amide bonds. The Hall–Kier alpha value is -1.38. The molecule has 1 aromatic heterocycles. The standard InChI is InChI=1S/C13H19NO2/c1-3-4-5-6-9-16-12-7-8-13(11(2)15)14-10-12/h7-8,10H,3-6,9H2,1-2H3. The van der Waals surface area contributed by atoms with Gasteiger partial charge in [0.1, 0.15) is 11.4 Å². The average Bonchev–Trinajstić information content (AvgIpc) is 2.29. The van der Waals surface area contributed by atoms with Crippen LogP contribution in [0, 0.1) is 0 Å². The number of ketones is 1. The first-order valence-electron chi connectivity index (χ1n) is 5.84. The molecule has 0 radical (unpaired) electrons. The minimum Gasteiger partial charge on any atom is -0.492 e. The molecule has 0 aromatic carbocycles. The molecule has 0 atom stereocenters. The van der Waals surface area contributed by atoms with Gasteiger partial charge in [-0.1, -0.05) is 26.2 Å². The fourth-order valence-corrected chi connectivity index (χ4v) is 1.39. The first-order chi connectivity index (χ1) is 7.74. The van der Waals surface area contributed by atoms with Crippen molar-refractivity contribution in [3.8, 4) is 5.75 Å². The largest absolute Gasteiger partial charge is 0.492 e. The van der Waals surface area contributed by atoms with Crippen molar-refractivity contribution in [3.05, 3.63) is 24.0 Å². The molecule has 0 saturated carbocycles. The zero-order valence-electron chi connectivity index (χ0n) is 10.0. The van der Waals surface area contributed by atoms with Gasteiger partial charge in [0.15, 0.2) is 5.78 Å². The van der Waals surface area contributed by atoms with Crippen LogP contribution < -0.4 is 4.74 Å². The van der Waals surface area contributed by atoms with Crippen molar-refractivity contribution in [3.63, 3.8) is 0 Å². The van der Waals surface area contributed by atoms with Gasteiger partial charge in [-0.25, -0.2) is 4.98 Å². The van der Waals surface area contributed by atoms with Crippen LogP contribution in [-0.4, -0.2) is 17.4 Å². The van der Waals surface area contributed by atoms with E-state index >= 15 is 0 Å². The van der Waals surface area contributed by atoms with Gasteiger partial charge in [0.25, 0.3) is 0 Å².